The predicted molar refractivity (Wildman–Crippen MR) is 104 cm³/mol. The van der Waals surface area contributed by atoms with Crippen LogP contribution in [0.4, 0.5) is 5.69 Å². The largest absolute Gasteiger partial charge is 0.503 e. The topological polar surface area (TPSA) is 70.8 Å². The van der Waals surface area contributed by atoms with Crippen LogP contribution in [-0.2, 0) is 9.59 Å². The molecule has 27 heavy (non-hydrogen) atoms. The molecule has 1 unspecified atom stereocenters. The van der Waals surface area contributed by atoms with Crippen molar-refractivity contribution in [2.75, 3.05) is 4.90 Å². The minimum atomic E-state index is -0.850. The van der Waals surface area contributed by atoms with E-state index in [4.69, 9.17) is 16.0 Å². The lowest BCUT2D eigenvalue weighted by Gasteiger charge is -2.27. The summed E-state index contributed by atoms with van der Waals surface area (Å²) < 4.78 is 5.74. The van der Waals surface area contributed by atoms with E-state index in [0.29, 0.717) is 22.2 Å². The van der Waals surface area contributed by atoms with Crippen molar-refractivity contribution < 1.29 is 19.1 Å². The molecule has 0 radical (unpaired) electrons. The Bertz CT molecular complexity index is 965. The van der Waals surface area contributed by atoms with Crippen LogP contribution >= 0.6 is 11.6 Å². The van der Waals surface area contributed by atoms with Gasteiger partial charge in [0.1, 0.15) is 17.6 Å². The molecule has 0 bridgehead atoms. The summed E-state index contributed by atoms with van der Waals surface area (Å²) in [7, 11) is 0. The molecule has 142 valence electrons. The number of furan rings is 1. The molecule has 1 N–H and O–H groups in total. The first-order valence-corrected chi connectivity index (χ1v) is 9.04. The van der Waals surface area contributed by atoms with E-state index in [9.17, 15) is 14.7 Å². The highest BCUT2D eigenvalue weighted by atomic mass is 35.5. The van der Waals surface area contributed by atoms with Crippen molar-refractivity contribution in [3.8, 4) is 0 Å². The van der Waals surface area contributed by atoms with Crippen molar-refractivity contribution in [2.24, 2.45) is 5.41 Å². The zero-order chi connectivity index (χ0) is 20.1. The number of ketones is 1. The summed E-state index contributed by atoms with van der Waals surface area (Å²) in [4.78, 5) is 27.3. The third-order valence-corrected chi connectivity index (χ3v) is 5.01. The average molecular weight is 388 g/mol. The molecule has 0 saturated carbocycles. The quantitative estimate of drug-likeness (QED) is 0.798. The maximum Gasteiger partial charge on any atom is 0.294 e. The van der Waals surface area contributed by atoms with E-state index in [-0.39, 0.29) is 11.4 Å². The van der Waals surface area contributed by atoms with Gasteiger partial charge in [0.15, 0.2) is 11.5 Å². The Kier molecular flexibility index (Phi) is 4.68. The van der Waals surface area contributed by atoms with Crippen molar-refractivity contribution in [1.29, 1.82) is 0 Å². The van der Waals surface area contributed by atoms with E-state index in [1.165, 1.54) is 4.90 Å². The molecule has 1 aliphatic rings. The predicted octanol–water partition coefficient (Wildman–Crippen LogP) is 5.07. The Morgan fingerprint density at radius 2 is 1.85 bits per heavy atom. The van der Waals surface area contributed by atoms with Crippen molar-refractivity contribution in [3.63, 3.8) is 0 Å². The molecule has 1 aromatic heterocycles. The van der Waals surface area contributed by atoms with Crippen LogP contribution in [0, 0.1) is 19.3 Å². The number of hydrogen-bond donors (Lipinski definition) is 1. The van der Waals surface area contributed by atoms with Crippen molar-refractivity contribution >= 4 is 29.0 Å². The molecule has 6 heteroatoms. The van der Waals surface area contributed by atoms with Crippen LogP contribution in [0.2, 0.25) is 5.02 Å². The molecule has 1 aromatic carbocycles. The first-order valence-electron chi connectivity index (χ1n) is 8.66. The highest BCUT2D eigenvalue weighted by Gasteiger charge is 2.48. The Morgan fingerprint density at radius 3 is 2.37 bits per heavy atom. The molecule has 0 spiro atoms. The molecule has 0 fully saturated rings. The summed E-state index contributed by atoms with van der Waals surface area (Å²) in [5.74, 6) is -0.456. The fourth-order valence-corrected chi connectivity index (χ4v) is 3.28. The van der Waals surface area contributed by atoms with E-state index in [1.807, 2.05) is 6.92 Å². The Hall–Kier alpha value is -2.53. The highest BCUT2D eigenvalue weighted by Crippen LogP contribution is 2.44. The molecular weight excluding hydrogens is 366 g/mol. The van der Waals surface area contributed by atoms with Crippen LogP contribution in [0.25, 0.3) is 0 Å². The third kappa shape index (κ3) is 3.28. The van der Waals surface area contributed by atoms with Crippen LogP contribution in [0.5, 0.6) is 0 Å². The second-order valence-electron chi connectivity index (χ2n) is 7.80. The van der Waals surface area contributed by atoms with Gasteiger partial charge in [-0.25, -0.2) is 0 Å². The molecule has 1 atom stereocenters. The molecule has 3 rings (SSSR count). The van der Waals surface area contributed by atoms with Crippen molar-refractivity contribution in [3.05, 3.63) is 63.8 Å². The van der Waals surface area contributed by atoms with Gasteiger partial charge in [-0.3, -0.25) is 14.5 Å². The van der Waals surface area contributed by atoms with Gasteiger partial charge < -0.3 is 9.52 Å². The maximum atomic E-state index is 13.0. The van der Waals surface area contributed by atoms with Gasteiger partial charge in [0.25, 0.3) is 5.91 Å². The summed E-state index contributed by atoms with van der Waals surface area (Å²) in [6.07, 6.45) is 0. The molecule has 0 aliphatic carbocycles. The number of hydrogen-bond acceptors (Lipinski definition) is 4. The molecule has 0 saturated heterocycles. The number of nitrogens with zero attached hydrogens (tertiary/aromatic N) is 1. The van der Waals surface area contributed by atoms with E-state index >= 15 is 0 Å². The Morgan fingerprint density at radius 1 is 1.19 bits per heavy atom. The Labute approximate surface area is 163 Å². The number of carbonyl (C=O) groups is 2. The molecule has 2 heterocycles. The molecule has 1 amide bonds. The van der Waals surface area contributed by atoms with Crippen LogP contribution in [-0.4, -0.2) is 16.8 Å². The van der Waals surface area contributed by atoms with E-state index in [1.54, 1.807) is 58.0 Å². The first-order chi connectivity index (χ1) is 12.5. The number of Topliss-reactive ketones (excluding diaryl/α,β-unsaturated/α-hetero) is 1. The zero-order valence-electron chi connectivity index (χ0n) is 16.0. The smallest absolute Gasteiger partial charge is 0.294 e. The van der Waals surface area contributed by atoms with Gasteiger partial charge in [-0.05, 0) is 43.7 Å². The van der Waals surface area contributed by atoms with Gasteiger partial charge in [0, 0.05) is 16.1 Å². The van der Waals surface area contributed by atoms with Gasteiger partial charge in [0.05, 0.1) is 5.57 Å². The highest BCUT2D eigenvalue weighted by molar-refractivity contribution is 6.31. The SMILES string of the molecule is Cc1ccc(C2C(C(=O)C(C)(C)C)=C(O)C(=O)N2c2ccc(C)c(Cl)c2)o1. The molecule has 1 aliphatic heterocycles. The standard InChI is InChI=1S/C21H22ClNO4/c1-11-6-8-13(10-14(11)22)23-17(15-9-7-12(2)27-15)16(18(24)20(23)26)19(25)21(3,4)5/h6-10,17,24H,1-5H3. The number of aliphatic hydroxyl groups is 1. The molecule has 2 aromatic rings. The third-order valence-electron chi connectivity index (χ3n) is 4.60. The van der Waals surface area contributed by atoms with Crippen LogP contribution in [0.3, 0.4) is 0 Å². The van der Waals surface area contributed by atoms with Gasteiger partial charge in [-0.1, -0.05) is 38.4 Å². The Balaban J connectivity index is 2.20. The van der Waals surface area contributed by atoms with Crippen LogP contribution in [0.1, 0.15) is 43.9 Å². The lowest BCUT2D eigenvalue weighted by Crippen LogP contribution is -2.32. The van der Waals surface area contributed by atoms with Gasteiger partial charge in [-0.15, -0.1) is 0 Å². The number of aliphatic hydroxyl groups excluding tert-OH is 1. The fraction of sp³-hybridized carbons (Fsp3) is 0.333. The summed E-state index contributed by atoms with van der Waals surface area (Å²) in [6.45, 7) is 8.87. The summed E-state index contributed by atoms with van der Waals surface area (Å²) in [6, 6.07) is 7.79. The lowest BCUT2D eigenvalue weighted by atomic mass is 9.83. The number of aryl methyl sites for hydroxylation is 2. The summed E-state index contributed by atoms with van der Waals surface area (Å²) in [5.41, 5.74) is 0.613. The monoisotopic (exact) mass is 387 g/mol. The maximum absolute atomic E-state index is 13.0. The zero-order valence-corrected chi connectivity index (χ0v) is 16.7. The normalized spacial score (nSPS) is 17.8. The summed E-state index contributed by atoms with van der Waals surface area (Å²) in [5, 5.41) is 11.1. The van der Waals surface area contributed by atoms with Crippen LogP contribution < -0.4 is 4.90 Å². The number of halogens is 1. The minimum Gasteiger partial charge on any atom is -0.503 e. The number of rotatable bonds is 3. The second kappa shape index (κ2) is 6.57. The van der Waals surface area contributed by atoms with Crippen LogP contribution in [0.15, 0.2) is 46.1 Å². The number of amides is 1. The lowest BCUT2D eigenvalue weighted by molar-refractivity contribution is -0.123. The number of benzene rings is 1. The van der Waals surface area contributed by atoms with Gasteiger partial charge in [-0.2, -0.15) is 0 Å². The minimum absolute atomic E-state index is 0.0403. The molecular formula is C21H22ClNO4. The van der Waals surface area contributed by atoms with E-state index < -0.39 is 23.1 Å². The van der Waals surface area contributed by atoms with Gasteiger partial charge >= 0.3 is 0 Å². The first kappa shape index (κ1) is 19.2. The molecule has 5 nitrogen and oxygen atoms in total. The van der Waals surface area contributed by atoms with Crippen molar-refractivity contribution in [1.82, 2.24) is 0 Å². The average Bonchev–Trinajstić information content (AvgIpc) is 3.11. The van der Waals surface area contributed by atoms with E-state index in [2.05, 4.69) is 0 Å². The number of carbonyl (C=O) groups excluding carboxylic acids is 2. The second-order valence-corrected chi connectivity index (χ2v) is 8.21. The van der Waals surface area contributed by atoms with E-state index in [0.717, 1.165) is 5.56 Å². The van der Waals surface area contributed by atoms with Gasteiger partial charge in [0.2, 0.25) is 0 Å². The number of anilines is 1. The summed E-state index contributed by atoms with van der Waals surface area (Å²) >= 11 is 6.24. The fourth-order valence-electron chi connectivity index (χ4n) is 3.11. The van der Waals surface area contributed by atoms with Crippen molar-refractivity contribution in [2.45, 2.75) is 40.7 Å².